The molecule has 0 aliphatic carbocycles. The topological polar surface area (TPSA) is 58.4 Å². The second-order valence-corrected chi connectivity index (χ2v) is 6.74. The number of benzene rings is 1. The molecule has 3 atom stereocenters. The van der Waals surface area contributed by atoms with Crippen LogP contribution in [-0.2, 0) is 4.79 Å². The van der Waals surface area contributed by atoms with Crippen LogP contribution in [0.3, 0.4) is 0 Å². The molecule has 3 unspecified atom stereocenters. The minimum atomic E-state index is -0.573. The van der Waals surface area contributed by atoms with Crippen LogP contribution in [0.4, 0.5) is 0 Å². The average molecular weight is 303 g/mol. The number of carbonyl (C=O) groups excluding carboxylic acids is 1. The van der Waals surface area contributed by atoms with Gasteiger partial charge in [0.1, 0.15) is 6.04 Å². The third kappa shape index (κ3) is 5.11. The van der Waals surface area contributed by atoms with Gasteiger partial charge < -0.3 is 16.0 Å². The van der Waals surface area contributed by atoms with Gasteiger partial charge in [-0.3, -0.25) is 4.79 Å². The standard InChI is InChI=1S/C18H29N3O/c1-14-11-15(2)13-21(12-14)10-6-9-20-18(22)17(19)16-7-4-3-5-8-16/h3-5,7-8,14-15,17H,6,9-13,19H2,1-2H3,(H,20,22). The Bertz CT molecular complexity index is 453. The van der Waals surface area contributed by atoms with Crippen molar-refractivity contribution in [2.24, 2.45) is 17.6 Å². The lowest BCUT2D eigenvalue weighted by Crippen LogP contribution is -2.40. The van der Waals surface area contributed by atoms with Gasteiger partial charge in [0.2, 0.25) is 5.91 Å². The van der Waals surface area contributed by atoms with Crippen molar-refractivity contribution in [3.8, 4) is 0 Å². The fraction of sp³-hybridized carbons (Fsp3) is 0.611. The number of rotatable bonds is 6. The van der Waals surface area contributed by atoms with Gasteiger partial charge in [0.15, 0.2) is 0 Å². The van der Waals surface area contributed by atoms with Gasteiger partial charge in [-0.2, -0.15) is 0 Å². The highest BCUT2D eigenvalue weighted by Crippen LogP contribution is 2.20. The second kappa shape index (κ2) is 8.30. The maximum Gasteiger partial charge on any atom is 0.241 e. The van der Waals surface area contributed by atoms with E-state index in [4.69, 9.17) is 5.73 Å². The van der Waals surface area contributed by atoms with Crippen molar-refractivity contribution in [2.75, 3.05) is 26.2 Å². The molecule has 1 aliphatic heterocycles. The van der Waals surface area contributed by atoms with Gasteiger partial charge in [-0.05, 0) is 36.8 Å². The number of nitrogens with zero attached hydrogens (tertiary/aromatic N) is 1. The lowest BCUT2D eigenvalue weighted by atomic mass is 9.92. The summed E-state index contributed by atoms with van der Waals surface area (Å²) in [5.74, 6) is 1.47. The van der Waals surface area contributed by atoms with E-state index < -0.39 is 6.04 Å². The lowest BCUT2D eigenvalue weighted by molar-refractivity contribution is -0.122. The molecule has 0 spiro atoms. The number of nitrogens with one attached hydrogen (secondary N) is 1. The van der Waals surface area contributed by atoms with E-state index in [2.05, 4.69) is 24.1 Å². The second-order valence-electron chi connectivity index (χ2n) is 6.74. The van der Waals surface area contributed by atoms with Crippen molar-refractivity contribution in [1.82, 2.24) is 10.2 Å². The summed E-state index contributed by atoms with van der Waals surface area (Å²) in [4.78, 5) is 14.6. The summed E-state index contributed by atoms with van der Waals surface area (Å²) in [6.45, 7) is 8.75. The number of hydrogen-bond acceptors (Lipinski definition) is 3. The SMILES string of the molecule is CC1CC(C)CN(CCCNC(=O)C(N)c2ccccc2)C1. The molecule has 0 radical (unpaired) electrons. The van der Waals surface area contributed by atoms with Crippen LogP contribution in [0.1, 0.15) is 38.3 Å². The Morgan fingerprint density at radius 3 is 2.55 bits per heavy atom. The third-order valence-electron chi connectivity index (χ3n) is 4.34. The predicted octanol–water partition coefficient (Wildman–Crippen LogP) is 2.17. The van der Waals surface area contributed by atoms with Crippen molar-refractivity contribution in [2.45, 2.75) is 32.7 Å². The minimum absolute atomic E-state index is 0.0911. The zero-order valence-electron chi connectivity index (χ0n) is 13.8. The van der Waals surface area contributed by atoms with Gasteiger partial charge in [-0.25, -0.2) is 0 Å². The van der Waals surface area contributed by atoms with Crippen LogP contribution in [0.2, 0.25) is 0 Å². The molecule has 2 rings (SSSR count). The summed E-state index contributed by atoms with van der Waals surface area (Å²) < 4.78 is 0. The molecule has 1 amide bonds. The molecule has 3 N–H and O–H groups in total. The van der Waals surface area contributed by atoms with E-state index in [9.17, 15) is 4.79 Å². The highest BCUT2D eigenvalue weighted by Gasteiger charge is 2.21. The van der Waals surface area contributed by atoms with E-state index in [1.54, 1.807) is 0 Å². The molecule has 0 bridgehead atoms. The summed E-state index contributed by atoms with van der Waals surface area (Å²) in [5, 5.41) is 2.95. The fourth-order valence-electron chi connectivity index (χ4n) is 3.41. The number of carbonyl (C=O) groups is 1. The molecule has 22 heavy (non-hydrogen) atoms. The Morgan fingerprint density at radius 1 is 1.27 bits per heavy atom. The maximum atomic E-state index is 12.0. The van der Waals surface area contributed by atoms with E-state index in [-0.39, 0.29) is 5.91 Å². The summed E-state index contributed by atoms with van der Waals surface area (Å²) in [7, 11) is 0. The molecule has 122 valence electrons. The minimum Gasteiger partial charge on any atom is -0.354 e. The first-order valence-electron chi connectivity index (χ1n) is 8.37. The summed E-state index contributed by atoms with van der Waals surface area (Å²) in [5.41, 5.74) is 6.84. The molecule has 1 fully saturated rings. The first-order chi connectivity index (χ1) is 10.6. The van der Waals surface area contributed by atoms with Crippen molar-refractivity contribution < 1.29 is 4.79 Å². The van der Waals surface area contributed by atoms with Crippen molar-refractivity contribution in [3.05, 3.63) is 35.9 Å². The molecule has 0 saturated carbocycles. The maximum absolute atomic E-state index is 12.0. The molecule has 0 aromatic heterocycles. The van der Waals surface area contributed by atoms with E-state index >= 15 is 0 Å². The number of amides is 1. The summed E-state index contributed by atoms with van der Waals surface area (Å²) in [6, 6.07) is 8.94. The van der Waals surface area contributed by atoms with Crippen molar-refractivity contribution in [3.63, 3.8) is 0 Å². The van der Waals surface area contributed by atoms with Crippen molar-refractivity contribution >= 4 is 5.91 Å². The number of likely N-dealkylation sites (tertiary alicyclic amines) is 1. The first kappa shape index (κ1) is 17.0. The average Bonchev–Trinajstić information content (AvgIpc) is 2.50. The van der Waals surface area contributed by atoms with Gasteiger partial charge in [0, 0.05) is 19.6 Å². The van der Waals surface area contributed by atoms with Crippen LogP contribution in [0.25, 0.3) is 0 Å². The zero-order valence-corrected chi connectivity index (χ0v) is 13.8. The third-order valence-corrected chi connectivity index (χ3v) is 4.34. The molecule has 1 aliphatic rings. The van der Waals surface area contributed by atoms with Crippen LogP contribution in [-0.4, -0.2) is 37.0 Å². The smallest absolute Gasteiger partial charge is 0.241 e. The molecule has 1 aromatic carbocycles. The van der Waals surface area contributed by atoms with Crippen molar-refractivity contribution in [1.29, 1.82) is 0 Å². The molecule has 1 heterocycles. The van der Waals surface area contributed by atoms with Crippen LogP contribution in [0.15, 0.2) is 30.3 Å². The Balaban J connectivity index is 1.67. The largest absolute Gasteiger partial charge is 0.354 e. The van der Waals surface area contributed by atoms with Gasteiger partial charge in [0.05, 0.1) is 0 Å². The van der Waals surface area contributed by atoms with Crippen LogP contribution in [0.5, 0.6) is 0 Å². The molecule has 4 nitrogen and oxygen atoms in total. The van der Waals surface area contributed by atoms with E-state index in [1.807, 2.05) is 30.3 Å². The highest BCUT2D eigenvalue weighted by molar-refractivity contribution is 5.82. The number of piperidine rings is 1. The molecule has 1 saturated heterocycles. The summed E-state index contributed by atoms with van der Waals surface area (Å²) >= 11 is 0. The summed E-state index contributed by atoms with van der Waals surface area (Å²) in [6.07, 6.45) is 2.31. The predicted molar refractivity (Wildman–Crippen MR) is 90.4 cm³/mol. The van der Waals surface area contributed by atoms with Gasteiger partial charge in [-0.15, -0.1) is 0 Å². The first-order valence-corrected chi connectivity index (χ1v) is 8.37. The van der Waals surface area contributed by atoms with E-state index in [0.29, 0.717) is 6.54 Å². The van der Waals surface area contributed by atoms with Crippen LogP contribution < -0.4 is 11.1 Å². The Hall–Kier alpha value is -1.39. The highest BCUT2D eigenvalue weighted by atomic mass is 16.2. The zero-order chi connectivity index (χ0) is 15.9. The molecular weight excluding hydrogens is 274 g/mol. The van der Waals surface area contributed by atoms with Crippen LogP contribution >= 0.6 is 0 Å². The van der Waals surface area contributed by atoms with E-state index in [1.165, 1.54) is 19.5 Å². The lowest BCUT2D eigenvalue weighted by Gasteiger charge is -2.34. The van der Waals surface area contributed by atoms with Gasteiger partial charge in [-0.1, -0.05) is 44.2 Å². The Kier molecular flexibility index (Phi) is 6.40. The normalized spacial score (nSPS) is 24.0. The Labute approximate surface area is 134 Å². The van der Waals surface area contributed by atoms with Crippen LogP contribution in [0, 0.1) is 11.8 Å². The monoisotopic (exact) mass is 303 g/mol. The molecule has 4 heteroatoms. The fourth-order valence-corrected chi connectivity index (χ4v) is 3.41. The number of hydrogen-bond donors (Lipinski definition) is 2. The quantitative estimate of drug-likeness (QED) is 0.792. The van der Waals surface area contributed by atoms with E-state index in [0.717, 1.165) is 30.4 Å². The van der Waals surface area contributed by atoms with Gasteiger partial charge in [0.25, 0.3) is 0 Å². The Morgan fingerprint density at radius 2 is 1.91 bits per heavy atom. The molecule has 1 aromatic rings. The number of nitrogens with two attached hydrogens (primary N) is 1. The van der Waals surface area contributed by atoms with Gasteiger partial charge >= 0.3 is 0 Å². The molecular formula is C18H29N3O.